The Morgan fingerprint density at radius 1 is 0.397 bits per heavy atom. The summed E-state index contributed by atoms with van der Waals surface area (Å²) in [6, 6.07) is 62.4. The molecule has 2 atom stereocenters. The zero-order valence-electron chi connectivity index (χ0n) is 31.4. The van der Waals surface area contributed by atoms with Gasteiger partial charge in [-0.2, -0.15) is 0 Å². The number of benzene rings is 8. The normalized spacial score (nSPS) is 15.6. The van der Waals surface area contributed by atoms with Crippen molar-refractivity contribution in [3.63, 3.8) is 0 Å². The van der Waals surface area contributed by atoms with Crippen molar-refractivity contribution >= 4 is 60.9 Å². The van der Waals surface area contributed by atoms with Gasteiger partial charge in [-0.05, 0) is 89.0 Å². The summed E-state index contributed by atoms with van der Waals surface area (Å²) < 4.78 is 19.1. The van der Waals surface area contributed by atoms with Crippen LogP contribution in [0, 0.1) is 0 Å². The van der Waals surface area contributed by atoms with E-state index in [-0.39, 0.29) is 12.0 Å². The summed E-state index contributed by atoms with van der Waals surface area (Å²) in [6.45, 7) is 0. The Morgan fingerprint density at radius 3 is 1.57 bits per heavy atom. The predicted octanol–water partition coefficient (Wildman–Crippen LogP) is 14.9. The van der Waals surface area contributed by atoms with E-state index in [0.717, 1.165) is 100 Å². The van der Waals surface area contributed by atoms with Gasteiger partial charge >= 0.3 is 0 Å². The van der Waals surface area contributed by atoms with Gasteiger partial charge in [-0.1, -0.05) is 133 Å². The number of rotatable bonds is 6. The van der Waals surface area contributed by atoms with E-state index in [2.05, 4.69) is 181 Å². The van der Waals surface area contributed by atoms with Crippen molar-refractivity contribution in [3.8, 4) is 39.1 Å². The minimum Gasteiger partial charge on any atom is -0.485 e. The van der Waals surface area contributed by atoms with Crippen LogP contribution in [0.3, 0.4) is 0 Å². The first-order chi connectivity index (χ1) is 28.7. The summed E-state index contributed by atoms with van der Waals surface area (Å²) in [4.78, 5) is 2.34. The third-order valence-electron chi connectivity index (χ3n) is 11.8. The van der Waals surface area contributed by atoms with Crippen LogP contribution in [-0.2, 0) is 0 Å². The molecule has 0 saturated carbocycles. The van der Waals surface area contributed by atoms with Gasteiger partial charge in [0, 0.05) is 61.2 Å². The molecule has 12 rings (SSSR count). The molecule has 0 bridgehead atoms. The van der Waals surface area contributed by atoms with Crippen LogP contribution in [0.5, 0.6) is 5.75 Å². The molecular formula is C54H35NO3. The van der Waals surface area contributed by atoms with Gasteiger partial charge in [0.2, 0.25) is 0 Å². The number of hydrogen-bond donors (Lipinski definition) is 0. The lowest BCUT2D eigenvalue weighted by Gasteiger charge is -2.26. The van der Waals surface area contributed by atoms with Gasteiger partial charge in [0.25, 0.3) is 0 Å². The molecule has 3 heterocycles. The Morgan fingerprint density at radius 2 is 0.931 bits per heavy atom. The zero-order chi connectivity index (χ0) is 38.2. The monoisotopic (exact) mass is 745 g/mol. The molecule has 0 saturated heterocycles. The first-order valence-corrected chi connectivity index (χ1v) is 19.8. The number of para-hydroxylation sites is 4. The number of nitrogens with zero attached hydrogens (tertiary/aromatic N) is 1. The first kappa shape index (κ1) is 32.7. The van der Waals surface area contributed by atoms with Crippen LogP contribution in [0.15, 0.2) is 209 Å². The van der Waals surface area contributed by atoms with Gasteiger partial charge in [-0.25, -0.2) is 0 Å². The largest absolute Gasteiger partial charge is 0.485 e. The minimum atomic E-state index is 0.0562. The number of allylic oxidation sites excluding steroid dienone is 2. The van der Waals surface area contributed by atoms with Crippen molar-refractivity contribution in [1.29, 1.82) is 0 Å². The second-order valence-electron chi connectivity index (χ2n) is 15.2. The molecule has 58 heavy (non-hydrogen) atoms. The molecule has 10 aromatic rings. The Bertz CT molecular complexity index is 3120. The molecule has 0 fully saturated rings. The maximum Gasteiger partial charge on any atom is 0.143 e. The van der Waals surface area contributed by atoms with Gasteiger partial charge in [-0.15, -0.1) is 0 Å². The van der Waals surface area contributed by atoms with Crippen molar-refractivity contribution in [3.05, 3.63) is 206 Å². The Labute approximate surface area is 335 Å². The first-order valence-electron chi connectivity index (χ1n) is 19.8. The third-order valence-corrected chi connectivity index (χ3v) is 11.8. The fourth-order valence-electron chi connectivity index (χ4n) is 9.02. The summed E-state index contributed by atoms with van der Waals surface area (Å²) in [7, 11) is 0. The minimum absolute atomic E-state index is 0.0562. The second-order valence-corrected chi connectivity index (χ2v) is 15.2. The summed E-state index contributed by atoms with van der Waals surface area (Å²) in [5.74, 6) is 1.19. The summed E-state index contributed by atoms with van der Waals surface area (Å²) in [6.07, 6.45) is 8.64. The summed E-state index contributed by atoms with van der Waals surface area (Å²) >= 11 is 0. The zero-order valence-corrected chi connectivity index (χ0v) is 31.4. The van der Waals surface area contributed by atoms with Crippen LogP contribution < -0.4 is 9.64 Å². The molecule has 0 spiro atoms. The average molecular weight is 746 g/mol. The van der Waals surface area contributed by atoms with E-state index in [1.807, 2.05) is 24.3 Å². The molecule has 274 valence electrons. The number of ether oxygens (including phenoxy) is 1. The molecule has 1 aliphatic carbocycles. The molecule has 1 aliphatic heterocycles. The number of fused-ring (bicyclic) bond motifs is 9. The van der Waals surface area contributed by atoms with E-state index in [1.54, 1.807) is 0 Å². The van der Waals surface area contributed by atoms with Gasteiger partial charge < -0.3 is 18.5 Å². The van der Waals surface area contributed by atoms with Crippen LogP contribution >= 0.6 is 0 Å². The molecule has 0 amide bonds. The van der Waals surface area contributed by atoms with Crippen molar-refractivity contribution in [1.82, 2.24) is 0 Å². The number of furan rings is 2. The number of hydrogen-bond acceptors (Lipinski definition) is 4. The van der Waals surface area contributed by atoms with E-state index < -0.39 is 0 Å². The SMILES string of the molecule is C1=CC2Oc3ccc(-c4cccc(N(c5ccc(-c6cccc7c6oc6ccccc67)cc5)c5ccc(-c6cccc7c6oc6ccccc67)cc5)c4)cc3C2C=C1. The third kappa shape index (κ3) is 5.23. The van der Waals surface area contributed by atoms with Gasteiger partial charge in [0.15, 0.2) is 0 Å². The predicted molar refractivity (Wildman–Crippen MR) is 237 cm³/mol. The highest BCUT2D eigenvalue weighted by Crippen LogP contribution is 2.45. The summed E-state index contributed by atoms with van der Waals surface area (Å²) in [5, 5.41) is 4.51. The van der Waals surface area contributed by atoms with Crippen molar-refractivity contribution in [2.75, 3.05) is 4.90 Å². The van der Waals surface area contributed by atoms with Gasteiger partial charge in [0.05, 0.1) is 0 Å². The van der Waals surface area contributed by atoms with E-state index in [1.165, 1.54) is 5.56 Å². The highest BCUT2D eigenvalue weighted by Gasteiger charge is 2.32. The molecule has 0 N–H and O–H groups in total. The lowest BCUT2D eigenvalue weighted by molar-refractivity contribution is 0.269. The molecule has 2 unspecified atom stereocenters. The highest BCUT2D eigenvalue weighted by molar-refractivity contribution is 6.10. The van der Waals surface area contributed by atoms with Gasteiger partial charge in [0.1, 0.15) is 34.2 Å². The highest BCUT2D eigenvalue weighted by atomic mass is 16.5. The Hall–Kier alpha value is -7.56. The van der Waals surface area contributed by atoms with E-state index in [4.69, 9.17) is 13.6 Å². The summed E-state index contributed by atoms with van der Waals surface area (Å²) in [5.41, 5.74) is 14.7. The van der Waals surface area contributed by atoms with E-state index in [0.29, 0.717) is 0 Å². The fourth-order valence-corrected chi connectivity index (χ4v) is 9.02. The molecule has 2 aliphatic rings. The van der Waals surface area contributed by atoms with Crippen LogP contribution in [0.4, 0.5) is 17.1 Å². The van der Waals surface area contributed by atoms with E-state index >= 15 is 0 Å². The molecule has 8 aromatic carbocycles. The smallest absolute Gasteiger partial charge is 0.143 e. The van der Waals surface area contributed by atoms with Crippen molar-refractivity contribution < 1.29 is 13.6 Å². The van der Waals surface area contributed by atoms with Crippen molar-refractivity contribution in [2.24, 2.45) is 0 Å². The fraction of sp³-hybridized carbons (Fsp3) is 0.0370. The standard InChI is InChI=1S/C54H35NO3/c1-5-20-50-43(12-1)46-17-8-15-41(53(46)57-50)34-22-27-38(28-23-34)55(39-29-24-35(25-30-39)42-16-9-18-47-44-13-2-6-21-51(44)58-54(42)47)40-11-7-10-36(32-40)37-26-31-52-48(33-37)45-14-3-4-19-49(45)56-52/h1-33,45,49H. The topological polar surface area (TPSA) is 38.8 Å². The average Bonchev–Trinajstić information content (AvgIpc) is 3.98. The maximum absolute atomic E-state index is 6.43. The van der Waals surface area contributed by atoms with Crippen LogP contribution in [0.25, 0.3) is 77.3 Å². The van der Waals surface area contributed by atoms with Crippen molar-refractivity contribution in [2.45, 2.75) is 12.0 Å². The Balaban J connectivity index is 0.958. The van der Waals surface area contributed by atoms with Crippen LogP contribution in [-0.4, -0.2) is 6.10 Å². The van der Waals surface area contributed by atoms with Crippen LogP contribution in [0.1, 0.15) is 11.5 Å². The maximum atomic E-state index is 6.43. The lowest BCUT2D eigenvalue weighted by atomic mass is 9.90. The quantitative estimate of drug-likeness (QED) is 0.170. The molecule has 2 aromatic heterocycles. The Kier molecular flexibility index (Phi) is 7.32. The van der Waals surface area contributed by atoms with Gasteiger partial charge in [-0.3, -0.25) is 0 Å². The number of anilines is 3. The lowest BCUT2D eigenvalue weighted by Crippen LogP contribution is -2.15. The molecular weight excluding hydrogens is 711 g/mol. The van der Waals surface area contributed by atoms with E-state index in [9.17, 15) is 0 Å². The molecule has 0 radical (unpaired) electrons. The second kappa shape index (κ2) is 13.0. The van der Waals surface area contributed by atoms with Crippen LogP contribution in [0.2, 0.25) is 0 Å². The molecule has 4 nitrogen and oxygen atoms in total. The molecule has 4 heteroatoms.